The lowest BCUT2D eigenvalue weighted by atomic mass is 10.1. The van der Waals surface area contributed by atoms with Crippen molar-refractivity contribution in [3.05, 3.63) is 24.3 Å². The first-order valence-electron chi connectivity index (χ1n) is 6.00. The molecule has 0 unspecified atom stereocenters. The first-order chi connectivity index (χ1) is 9.26. The van der Waals surface area contributed by atoms with Crippen LogP contribution in [0.15, 0.2) is 24.3 Å². The fourth-order valence-corrected chi connectivity index (χ4v) is 1.88. The molecule has 0 atom stereocenters. The van der Waals surface area contributed by atoms with Gasteiger partial charge < -0.3 is 19.9 Å². The Morgan fingerprint density at radius 3 is 2.74 bits per heavy atom. The van der Waals surface area contributed by atoms with E-state index >= 15 is 0 Å². The van der Waals surface area contributed by atoms with Crippen molar-refractivity contribution in [2.24, 2.45) is 0 Å². The minimum absolute atomic E-state index is 0.0935. The largest absolute Gasteiger partial charge is 0.493 e. The Kier molecular flexibility index (Phi) is 3.00. The molecule has 1 aliphatic heterocycles. The number of benzene rings is 1. The fourth-order valence-electron chi connectivity index (χ4n) is 1.88. The van der Waals surface area contributed by atoms with Crippen LogP contribution >= 0.6 is 0 Å². The Morgan fingerprint density at radius 1 is 1.32 bits per heavy atom. The maximum Gasteiger partial charge on any atom is 0.162 e. The van der Waals surface area contributed by atoms with E-state index in [2.05, 4.69) is 10.2 Å². The predicted octanol–water partition coefficient (Wildman–Crippen LogP) is 1.45. The smallest absolute Gasteiger partial charge is 0.162 e. The van der Waals surface area contributed by atoms with Crippen LogP contribution in [0.4, 0.5) is 5.82 Å². The number of hydrogen-bond donors (Lipinski definition) is 2. The molecule has 3 rings (SSSR count). The molecule has 1 aliphatic rings. The van der Waals surface area contributed by atoms with E-state index in [-0.39, 0.29) is 6.10 Å². The third-order valence-electron chi connectivity index (χ3n) is 2.97. The van der Waals surface area contributed by atoms with E-state index in [9.17, 15) is 0 Å². The molecular formula is C13H15N3O3. The number of rotatable bonds is 4. The van der Waals surface area contributed by atoms with Crippen LogP contribution in [-0.4, -0.2) is 36.6 Å². The SMILES string of the molecule is COc1ccc(-c2cc(N)n[nH]2)cc1OC1COC1. The normalized spacial score (nSPS) is 15.0. The summed E-state index contributed by atoms with van der Waals surface area (Å²) in [7, 11) is 1.62. The number of nitrogens with two attached hydrogens (primary N) is 1. The molecule has 0 bridgehead atoms. The monoisotopic (exact) mass is 261 g/mol. The molecule has 0 radical (unpaired) electrons. The number of methoxy groups -OCH3 is 1. The van der Waals surface area contributed by atoms with E-state index in [1.54, 1.807) is 13.2 Å². The van der Waals surface area contributed by atoms with Crippen LogP contribution in [0.3, 0.4) is 0 Å². The van der Waals surface area contributed by atoms with Crippen molar-refractivity contribution in [1.29, 1.82) is 0 Å². The van der Waals surface area contributed by atoms with Crippen molar-refractivity contribution >= 4 is 5.82 Å². The Hall–Kier alpha value is -2.21. The highest BCUT2D eigenvalue weighted by atomic mass is 16.6. The Morgan fingerprint density at radius 2 is 2.16 bits per heavy atom. The Bertz CT molecular complexity index is 578. The van der Waals surface area contributed by atoms with Crippen LogP contribution in [-0.2, 0) is 4.74 Å². The standard InChI is InChI=1S/C13H15N3O3/c1-17-11-3-2-8(10-5-13(14)16-15-10)4-12(11)19-9-6-18-7-9/h2-5,9H,6-7H2,1H3,(H3,14,15,16). The van der Waals surface area contributed by atoms with E-state index in [1.165, 1.54) is 0 Å². The van der Waals surface area contributed by atoms with Gasteiger partial charge in [0.25, 0.3) is 0 Å². The number of ether oxygens (including phenoxy) is 3. The van der Waals surface area contributed by atoms with Crippen LogP contribution < -0.4 is 15.2 Å². The van der Waals surface area contributed by atoms with Crippen LogP contribution in [0.2, 0.25) is 0 Å². The molecule has 100 valence electrons. The van der Waals surface area contributed by atoms with Gasteiger partial charge >= 0.3 is 0 Å². The number of nitrogens with zero attached hydrogens (tertiary/aromatic N) is 1. The average molecular weight is 261 g/mol. The lowest BCUT2D eigenvalue weighted by Gasteiger charge is -2.27. The second-order valence-electron chi connectivity index (χ2n) is 4.35. The summed E-state index contributed by atoms with van der Waals surface area (Å²) in [6.07, 6.45) is 0.0935. The summed E-state index contributed by atoms with van der Waals surface area (Å²) in [4.78, 5) is 0. The third-order valence-corrected chi connectivity index (χ3v) is 2.97. The van der Waals surface area contributed by atoms with Gasteiger partial charge in [-0.1, -0.05) is 0 Å². The van der Waals surface area contributed by atoms with Crippen LogP contribution in [0.5, 0.6) is 11.5 Å². The van der Waals surface area contributed by atoms with Gasteiger partial charge in [-0.15, -0.1) is 0 Å². The van der Waals surface area contributed by atoms with Gasteiger partial charge in [-0.2, -0.15) is 5.10 Å². The quantitative estimate of drug-likeness (QED) is 0.870. The lowest BCUT2D eigenvalue weighted by Crippen LogP contribution is -2.38. The zero-order valence-electron chi connectivity index (χ0n) is 10.6. The summed E-state index contributed by atoms with van der Waals surface area (Å²) in [5.41, 5.74) is 7.39. The second-order valence-corrected chi connectivity index (χ2v) is 4.35. The molecule has 0 amide bonds. The first-order valence-corrected chi connectivity index (χ1v) is 6.00. The fraction of sp³-hybridized carbons (Fsp3) is 0.308. The summed E-state index contributed by atoms with van der Waals surface area (Å²) in [5, 5.41) is 6.79. The third kappa shape index (κ3) is 2.34. The molecule has 19 heavy (non-hydrogen) atoms. The minimum Gasteiger partial charge on any atom is -0.493 e. The average Bonchev–Trinajstić information content (AvgIpc) is 2.80. The molecule has 6 heteroatoms. The zero-order valence-corrected chi connectivity index (χ0v) is 10.6. The molecule has 0 saturated carbocycles. The Labute approximate surface area is 110 Å². The highest BCUT2D eigenvalue weighted by Gasteiger charge is 2.22. The molecule has 3 N–H and O–H groups in total. The molecule has 0 aliphatic carbocycles. The van der Waals surface area contributed by atoms with Gasteiger partial charge in [0.15, 0.2) is 11.5 Å². The number of nitrogens with one attached hydrogen (secondary N) is 1. The maximum atomic E-state index is 5.83. The van der Waals surface area contributed by atoms with E-state index in [0.29, 0.717) is 30.5 Å². The van der Waals surface area contributed by atoms with Crippen LogP contribution in [0, 0.1) is 0 Å². The number of anilines is 1. The summed E-state index contributed by atoms with van der Waals surface area (Å²) in [5.74, 6) is 1.85. The highest BCUT2D eigenvalue weighted by Crippen LogP contribution is 2.33. The molecule has 6 nitrogen and oxygen atoms in total. The van der Waals surface area contributed by atoms with Gasteiger partial charge in [-0.05, 0) is 18.2 Å². The van der Waals surface area contributed by atoms with E-state index in [0.717, 1.165) is 11.3 Å². The van der Waals surface area contributed by atoms with Gasteiger partial charge in [-0.25, -0.2) is 0 Å². The number of H-pyrrole nitrogens is 1. The molecule has 1 fully saturated rings. The predicted molar refractivity (Wildman–Crippen MR) is 70.2 cm³/mol. The van der Waals surface area contributed by atoms with Crippen molar-refractivity contribution < 1.29 is 14.2 Å². The molecule has 1 saturated heterocycles. The van der Waals surface area contributed by atoms with Crippen molar-refractivity contribution in [3.63, 3.8) is 0 Å². The first kappa shape index (κ1) is 11.9. The van der Waals surface area contributed by atoms with Gasteiger partial charge in [0.2, 0.25) is 0 Å². The molecule has 1 aromatic carbocycles. The summed E-state index contributed by atoms with van der Waals surface area (Å²) >= 11 is 0. The van der Waals surface area contributed by atoms with Crippen molar-refractivity contribution in [1.82, 2.24) is 10.2 Å². The van der Waals surface area contributed by atoms with Gasteiger partial charge in [0.05, 0.1) is 26.0 Å². The molecule has 2 aromatic rings. The van der Waals surface area contributed by atoms with Crippen LogP contribution in [0.1, 0.15) is 0 Å². The Balaban J connectivity index is 1.91. The second kappa shape index (κ2) is 4.81. The number of hydrogen-bond acceptors (Lipinski definition) is 5. The van der Waals surface area contributed by atoms with E-state index < -0.39 is 0 Å². The summed E-state index contributed by atoms with van der Waals surface area (Å²) in [6, 6.07) is 7.47. The number of nitrogen functional groups attached to an aromatic ring is 1. The van der Waals surface area contributed by atoms with E-state index in [1.807, 2.05) is 18.2 Å². The summed E-state index contributed by atoms with van der Waals surface area (Å²) < 4.78 is 16.2. The molecule has 1 aromatic heterocycles. The zero-order chi connectivity index (χ0) is 13.2. The van der Waals surface area contributed by atoms with Gasteiger partial charge in [0, 0.05) is 11.6 Å². The summed E-state index contributed by atoms with van der Waals surface area (Å²) in [6.45, 7) is 1.23. The van der Waals surface area contributed by atoms with Gasteiger partial charge in [-0.3, -0.25) is 5.10 Å². The minimum atomic E-state index is 0.0935. The van der Waals surface area contributed by atoms with Crippen LogP contribution in [0.25, 0.3) is 11.3 Å². The lowest BCUT2D eigenvalue weighted by molar-refractivity contribution is -0.0803. The van der Waals surface area contributed by atoms with E-state index in [4.69, 9.17) is 19.9 Å². The highest BCUT2D eigenvalue weighted by molar-refractivity contribution is 5.65. The van der Waals surface area contributed by atoms with Gasteiger partial charge in [0.1, 0.15) is 11.9 Å². The maximum absolute atomic E-state index is 5.83. The number of aromatic nitrogens is 2. The topological polar surface area (TPSA) is 82.4 Å². The van der Waals surface area contributed by atoms with Crippen molar-refractivity contribution in [3.8, 4) is 22.8 Å². The number of aromatic amines is 1. The van der Waals surface area contributed by atoms with Crippen molar-refractivity contribution in [2.45, 2.75) is 6.10 Å². The molecule has 0 spiro atoms. The van der Waals surface area contributed by atoms with Crippen molar-refractivity contribution in [2.75, 3.05) is 26.1 Å². The molecule has 2 heterocycles. The molecular weight excluding hydrogens is 246 g/mol.